The monoisotopic (exact) mass is 220 g/mol. The molecule has 4 N–H and O–H groups in total. The minimum Gasteiger partial charge on any atom is -0.397 e. The number of nitrogen functional groups attached to an aromatic ring is 1. The predicted octanol–water partition coefficient (Wildman–Crippen LogP) is -0.345. The highest BCUT2D eigenvalue weighted by Crippen LogP contribution is 2.04. The maximum Gasteiger partial charge on any atom is 0.268 e. The third-order valence-electron chi connectivity index (χ3n) is 2.00. The summed E-state index contributed by atoms with van der Waals surface area (Å²) in [5.74, 6) is 0.333. The number of aromatic nitrogens is 4. The number of nitrogens with one attached hydrogen (secondary N) is 2. The van der Waals surface area contributed by atoms with Crippen molar-refractivity contribution in [3.63, 3.8) is 0 Å². The molecule has 0 bridgehead atoms. The van der Waals surface area contributed by atoms with Crippen molar-refractivity contribution in [3.8, 4) is 0 Å². The fraction of sp³-hybridized carbons (Fsp3) is 0.222. The number of amides is 1. The first-order valence-electron chi connectivity index (χ1n) is 4.72. The van der Waals surface area contributed by atoms with Crippen LogP contribution in [-0.2, 0) is 13.6 Å². The number of H-pyrrole nitrogens is 1. The van der Waals surface area contributed by atoms with Gasteiger partial charge in [0.1, 0.15) is 12.0 Å². The molecule has 0 aliphatic carbocycles. The molecule has 84 valence electrons. The molecule has 16 heavy (non-hydrogen) atoms. The number of anilines is 1. The Kier molecular flexibility index (Phi) is 2.59. The largest absolute Gasteiger partial charge is 0.397 e. The van der Waals surface area contributed by atoms with E-state index in [0.29, 0.717) is 23.8 Å². The molecule has 0 aromatic carbocycles. The molecular weight excluding hydrogens is 208 g/mol. The van der Waals surface area contributed by atoms with Crippen LogP contribution in [-0.4, -0.2) is 25.7 Å². The summed E-state index contributed by atoms with van der Waals surface area (Å²) in [4.78, 5) is 18.3. The van der Waals surface area contributed by atoms with Crippen molar-refractivity contribution in [2.24, 2.45) is 7.05 Å². The van der Waals surface area contributed by atoms with E-state index < -0.39 is 0 Å². The van der Waals surface area contributed by atoms with Crippen LogP contribution < -0.4 is 11.1 Å². The summed E-state index contributed by atoms with van der Waals surface area (Å²) in [6.45, 7) is 0.290. The van der Waals surface area contributed by atoms with Gasteiger partial charge in [-0.3, -0.25) is 9.48 Å². The minimum atomic E-state index is -0.232. The predicted molar refractivity (Wildman–Crippen MR) is 57.4 cm³/mol. The number of carbonyl (C=O) groups excluding carboxylic acids is 1. The molecule has 2 aromatic rings. The molecule has 0 fully saturated rings. The third kappa shape index (κ3) is 2.19. The van der Waals surface area contributed by atoms with Gasteiger partial charge in [0.05, 0.1) is 6.54 Å². The molecule has 0 saturated carbocycles. The SMILES string of the molecule is Cn1cnc(CNC(=O)c2cc(N)c[nH]2)n1. The Morgan fingerprint density at radius 1 is 1.69 bits per heavy atom. The average Bonchev–Trinajstić information content (AvgIpc) is 2.84. The van der Waals surface area contributed by atoms with Gasteiger partial charge in [0, 0.05) is 18.9 Å². The van der Waals surface area contributed by atoms with Crippen LogP contribution in [0, 0.1) is 0 Å². The summed E-state index contributed by atoms with van der Waals surface area (Å²) in [5.41, 5.74) is 6.44. The van der Waals surface area contributed by atoms with E-state index in [1.54, 1.807) is 30.3 Å². The van der Waals surface area contributed by atoms with E-state index in [1.807, 2.05) is 0 Å². The zero-order valence-electron chi connectivity index (χ0n) is 8.77. The Labute approximate surface area is 91.7 Å². The first kappa shape index (κ1) is 10.2. The van der Waals surface area contributed by atoms with Crippen LogP contribution in [0.1, 0.15) is 16.3 Å². The summed E-state index contributed by atoms with van der Waals surface area (Å²) in [7, 11) is 1.77. The molecule has 0 radical (unpaired) electrons. The number of hydrogen-bond donors (Lipinski definition) is 3. The second-order valence-electron chi connectivity index (χ2n) is 3.36. The van der Waals surface area contributed by atoms with Crippen LogP contribution in [0.15, 0.2) is 18.6 Å². The first-order chi connectivity index (χ1) is 7.65. The van der Waals surface area contributed by atoms with E-state index in [2.05, 4.69) is 20.4 Å². The zero-order valence-corrected chi connectivity index (χ0v) is 8.77. The molecule has 0 atom stereocenters. The lowest BCUT2D eigenvalue weighted by Gasteiger charge is -1.99. The van der Waals surface area contributed by atoms with Crippen molar-refractivity contribution < 1.29 is 4.79 Å². The Balaban J connectivity index is 1.93. The van der Waals surface area contributed by atoms with Crippen LogP contribution in [0.3, 0.4) is 0 Å². The second-order valence-corrected chi connectivity index (χ2v) is 3.36. The van der Waals surface area contributed by atoms with Crippen LogP contribution >= 0.6 is 0 Å². The Morgan fingerprint density at radius 2 is 2.50 bits per heavy atom. The van der Waals surface area contributed by atoms with E-state index >= 15 is 0 Å². The molecule has 0 saturated heterocycles. The van der Waals surface area contributed by atoms with Crippen molar-refractivity contribution in [2.45, 2.75) is 6.54 Å². The molecule has 2 aromatic heterocycles. The Bertz CT molecular complexity index is 500. The summed E-state index contributed by atoms with van der Waals surface area (Å²) in [5, 5.41) is 6.72. The first-order valence-corrected chi connectivity index (χ1v) is 4.72. The van der Waals surface area contributed by atoms with Crippen LogP contribution in [0.25, 0.3) is 0 Å². The molecule has 0 aliphatic rings. The molecule has 7 heteroatoms. The van der Waals surface area contributed by atoms with E-state index in [0.717, 1.165) is 0 Å². The number of rotatable bonds is 3. The molecule has 2 rings (SSSR count). The number of carbonyl (C=O) groups is 1. The van der Waals surface area contributed by atoms with Gasteiger partial charge < -0.3 is 16.0 Å². The average molecular weight is 220 g/mol. The summed E-state index contributed by atoms with van der Waals surface area (Å²) in [6.07, 6.45) is 3.14. The zero-order chi connectivity index (χ0) is 11.5. The lowest BCUT2D eigenvalue weighted by Crippen LogP contribution is -2.23. The molecule has 1 amide bonds. The standard InChI is InChI=1S/C9H12N6O/c1-15-5-13-8(14-15)4-12-9(16)7-2-6(10)3-11-7/h2-3,5,11H,4,10H2,1H3,(H,12,16). The molecule has 0 aliphatic heterocycles. The van der Waals surface area contributed by atoms with Crippen molar-refractivity contribution in [1.82, 2.24) is 25.1 Å². The third-order valence-corrected chi connectivity index (χ3v) is 2.00. The molecule has 7 nitrogen and oxygen atoms in total. The molecule has 0 spiro atoms. The van der Waals surface area contributed by atoms with Crippen molar-refractivity contribution in [2.75, 3.05) is 5.73 Å². The number of aryl methyl sites for hydroxylation is 1. The molecule has 0 unspecified atom stereocenters. The van der Waals surface area contributed by atoms with Gasteiger partial charge in [-0.2, -0.15) is 5.10 Å². The van der Waals surface area contributed by atoms with Crippen LogP contribution in [0.5, 0.6) is 0 Å². The van der Waals surface area contributed by atoms with Gasteiger partial charge in [0.2, 0.25) is 0 Å². The molecule has 2 heterocycles. The number of nitrogens with two attached hydrogens (primary N) is 1. The van der Waals surface area contributed by atoms with E-state index in [4.69, 9.17) is 5.73 Å². The van der Waals surface area contributed by atoms with Crippen LogP contribution in [0.4, 0.5) is 5.69 Å². The lowest BCUT2D eigenvalue weighted by molar-refractivity contribution is 0.0945. The van der Waals surface area contributed by atoms with Gasteiger partial charge in [-0.1, -0.05) is 0 Å². The lowest BCUT2D eigenvalue weighted by atomic mass is 10.4. The van der Waals surface area contributed by atoms with Gasteiger partial charge in [-0.25, -0.2) is 4.98 Å². The van der Waals surface area contributed by atoms with Gasteiger partial charge in [-0.05, 0) is 6.07 Å². The maximum atomic E-state index is 11.6. The van der Waals surface area contributed by atoms with Gasteiger partial charge in [0.15, 0.2) is 5.82 Å². The topological polar surface area (TPSA) is 102 Å². The highest BCUT2D eigenvalue weighted by molar-refractivity contribution is 5.93. The number of hydrogen-bond acceptors (Lipinski definition) is 4. The number of aromatic amines is 1. The van der Waals surface area contributed by atoms with Crippen molar-refractivity contribution in [1.29, 1.82) is 0 Å². The second kappa shape index (κ2) is 4.05. The normalized spacial score (nSPS) is 10.3. The van der Waals surface area contributed by atoms with Gasteiger partial charge in [-0.15, -0.1) is 0 Å². The summed E-state index contributed by atoms with van der Waals surface area (Å²) < 4.78 is 1.58. The van der Waals surface area contributed by atoms with E-state index in [1.165, 1.54) is 0 Å². The fourth-order valence-corrected chi connectivity index (χ4v) is 1.26. The Hall–Kier alpha value is -2.31. The summed E-state index contributed by atoms with van der Waals surface area (Å²) in [6, 6.07) is 1.57. The highest BCUT2D eigenvalue weighted by atomic mass is 16.1. The summed E-state index contributed by atoms with van der Waals surface area (Å²) >= 11 is 0. The number of nitrogens with zero attached hydrogens (tertiary/aromatic N) is 3. The van der Waals surface area contributed by atoms with E-state index in [-0.39, 0.29) is 5.91 Å². The minimum absolute atomic E-state index is 0.232. The highest BCUT2D eigenvalue weighted by Gasteiger charge is 2.08. The van der Waals surface area contributed by atoms with Gasteiger partial charge >= 0.3 is 0 Å². The van der Waals surface area contributed by atoms with Crippen LogP contribution in [0.2, 0.25) is 0 Å². The van der Waals surface area contributed by atoms with Crippen molar-refractivity contribution in [3.05, 3.63) is 30.1 Å². The Morgan fingerprint density at radius 3 is 3.06 bits per heavy atom. The van der Waals surface area contributed by atoms with E-state index in [9.17, 15) is 4.79 Å². The van der Waals surface area contributed by atoms with Gasteiger partial charge in [0.25, 0.3) is 5.91 Å². The fourth-order valence-electron chi connectivity index (χ4n) is 1.26. The maximum absolute atomic E-state index is 11.6. The molecular formula is C9H12N6O. The quantitative estimate of drug-likeness (QED) is 0.658. The smallest absolute Gasteiger partial charge is 0.268 e. The van der Waals surface area contributed by atoms with Crippen molar-refractivity contribution >= 4 is 11.6 Å².